The lowest BCUT2D eigenvalue weighted by Crippen LogP contribution is -2.03. The van der Waals surface area contributed by atoms with Gasteiger partial charge in [0.25, 0.3) is 0 Å². The van der Waals surface area contributed by atoms with Gasteiger partial charge in [-0.05, 0) is 30.3 Å². The van der Waals surface area contributed by atoms with Gasteiger partial charge in [0.2, 0.25) is 0 Å². The van der Waals surface area contributed by atoms with Crippen LogP contribution in [0.25, 0.3) is 0 Å². The number of nitrogens with zero attached hydrogens (tertiary/aromatic N) is 2. The largest absolute Gasteiger partial charge is 0.484 e. The molecule has 0 fully saturated rings. The van der Waals surface area contributed by atoms with Crippen LogP contribution in [0.2, 0.25) is 5.02 Å². The minimum Gasteiger partial charge on any atom is -0.484 e. The summed E-state index contributed by atoms with van der Waals surface area (Å²) in [5.41, 5.74) is 0.741. The maximum atomic E-state index is 13.6. The molecule has 0 radical (unpaired) electrons. The lowest BCUT2D eigenvalue weighted by Gasteiger charge is -2.09. The molecule has 2 rings (SSSR count). The van der Waals surface area contributed by atoms with Gasteiger partial charge in [-0.15, -0.1) is 0 Å². The van der Waals surface area contributed by atoms with Crippen molar-refractivity contribution in [1.29, 1.82) is 5.26 Å². The Balaban J connectivity index is 2.15. The molecule has 102 valence electrons. The third kappa shape index (κ3) is 3.16. The molecular formula is C14H11ClFN3O. The highest BCUT2D eigenvalue weighted by Gasteiger charge is 2.08. The molecule has 0 saturated carbocycles. The molecule has 0 unspecified atom stereocenters. The van der Waals surface area contributed by atoms with Crippen LogP contribution in [0.1, 0.15) is 11.3 Å². The first-order chi connectivity index (χ1) is 9.63. The van der Waals surface area contributed by atoms with Crippen molar-refractivity contribution in [3.63, 3.8) is 0 Å². The second-order valence-electron chi connectivity index (χ2n) is 3.92. The van der Waals surface area contributed by atoms with Crippen LogP contribution in [0.15, 0.2) is 30.3 Å². The summed E-state index contributed by atoms with van der Waals surface area (Å²) in [5.74, 6) is 0.106. The van der Waals surface area contributed by atoms with Crippen LogP contribution in [-0.4, -0.2) is 12.0 Å². The van der Waals surface area contributed by atoms with E-state index in [4.69, 9.17) is 21.6 Å². The fraction of sp³-hybridized carbons (Fsp3) is 0.143. The number of ether oxygens (including phenoxy) is 1. The summed E-state index contributed by atoms with van der Waals surface area (Å²) >= 11 is 6.00. The van der Waals surface area contributed by atoms with E-state index in [9.17, 15) is 4.39 Å². The average molecular weight is 292 g/mol. The molecule has 4 nitrogen and oxygen atoms in total. The standard InChI is InChI=1S/C14H11ClFN3O/c1-18-14-5-3-10(15)12(19-14)8-20-13-4-2-9(7-17)6-11(13)16/h2-6H,8H2,1H3,(H,18,19). The van der Waals surface area contributed by atoms with Crippen LogP contribution < -0.4 is 10.1 Å². The molecule has 1 heterocycles. The first-order valence-electron chi connectivity index (χ1n) is 5.79. The van der Waals surface area contributed by atoms with Crippen molar-refractivity contribution in [2.24, 2.45) is 0 Å². The van der Waals surface area contributed by atoms with E-state index in [2.05, 4.69) is 10.3 Å². The Morgan fingerprint density at radius 1 is 1.40 bits per heavy atom. The number of rotatable bonds is 4. The number of pyridine rings is 1. The van der Waals surface area contributed by atoms with Gasteiger partial charge in [0, 0.05) is 7.05 Å². The molecular weight excluding hydrogens is 281 g/mol. The fourth-order valence-corrected chi connectivity index (χ4v) is 1.72. The molecule has 1 aromatic heterocycles. The van der Waals surface area contributed by atoms with Crippen LogP contribution in [0.4, 0.5) is 10.2 Å². The molecule has 20 heavy (non-hydrogen) atoms. The maximum absolute atomic E-state index is 13.6. The Morgan fingerprint density at radius 2 is 2.20 bits per heavy atom. The first kappa shape index (κ1) is 14.1. The Morgan fingerprint density at radius 3 is 2.85 bits per heavy atom. The number of benzene rings is 1. The SMILES string of the molecule is CNc1ccc(Cl)c(COc2ccc(C#N)cc2F)n1. The van der Waals surface area contributed by atoms with Gasteiger partial charge >= 0.3 is 0 Å². The van der Waals surface area contributed by atoms with E-state index in [1.54, 1.807) is 19.2 Å². The normalized spacial score (nSPS) is 9.90. The number of nitriles is 1. The van der Waals surface area contributed by atoms with E-state index < -0.39 is 5.82 Å². The lowest BCUT2D eigenvalue weighted by molar-refractivity contribution is 0.286. The lowest BCUT2D eigenvalue weighted by atomic mass is 10.2. The minimum atomic E-state index is -0.593. The summed E-state index contributed by atoms with van der Waals surface area (Å²) in [6.07, 6.45) is 0. The molecule has 2 aromatic rings. The zero-order chi connectivity index (χ0) is 14.5. The van der Waals surface area contributed by atoms with Crippen molar-refractivity contribution in [3.8, 4) is 11.8 Å². The summed E-state index contributed by atoms with van der Waals surface area (Å²) in [6, 6.07) is 9.28. The highest BCUT2D eigenvalue weighted by atomic mass is 35.5. The molecule has 0 aliphatic heterocycles. The number of anilines is 1. The molecule has 0 saturated heterocycles. The summed E-state index contributed by atoms with van der Waals surface area (Å²) in [5, 5.41) is 12.0. The van der Waals surface area contributed by atoms with Crippen molar-refractivity contribution in [1.82, 2.24) is 4.98 Å². The van der Waals surface area contributed by atoms with Crippen LogP contribution >= 0.6 is 11.6 Å². The van der Waals surface area contributed by atoms with E-state index in [1.165, 1.54) is 12.1 Å². The number of hydrogen-bond acceptors (Lipinski definition) is 4. The minimum absolute atomic E-state index is 0.0389. The van der Waals surface area contributed by atoms with Gasteiger partial charge < -0.3 is 10.1 Å². The van der Waals surface area contributed by atoms with Crippen molar-refractivity contribution < 1.29 is 9.13 Å². The van der Waals surface area contributed by atoms with Gasteiger partial charge in [0.15, 0.2) is 11.6 Å². The zero-order valence-corrected chi connectivity index (χ0v) is 11.4. The molecule has 6 heteroatoms. The van der Waals surface area contributed by atoms with Gasteiger partial charge in [0.05, 0.1) is 22.3 Å². The number of aromatic nitrogens is 1. The molecule has 0 aliphatic rings. The van der Waals surface area contributed by atoms with E-state index in [0.717, 1.165) is 6.07 Å². The van der Waals surface area contributed by atoms with Crippen molar-refractivity contribution in [2.75, 3.05) is 12.4 Å². The molecule has 0 atom stereocenters. The van der Waals surface area contributed by atoms with Crippen LogP contribution in [0, 0.1) is 17.1 Å². The zero-order valence-electron chi connectivity index (χ0n) is 10.7. The van der Waals surface area contributed by atoms with Crippen LogP contribution in [0.3, 0.4) is 0 Å². The van der Waals surface area contributed by atoms with E-state index >= 15 is 0 Å². The van der Waals surface area contributed by atoms with Gasteiger partial charge in [-0.2, -0.15) is 5.26 Å². The van der Waals surface area contributed by atoms with E-state index in [0.29, 0.717) is 16.5 Å². The Kier molecular flexibility index (Phi) is 4.38. The van der Waals surface area contributed by atoms with Crippen molar-refractivity contribution >= 4 is 17.4 Å². The van der Waals surface area contributed by atoms with E-state index in [1.807, 2.05) is 6.07 Å². The molecule has 0 bridgehead atoms. The predicted octanol–water partition coefficient (Wildman–Crippen LogP) is 3.37. The predicted molar refractivity (Wildman–Crippen MR) is 74.2 cm³/mol. The third-order valence-electron chi connectivity index (χ3n) is 2.60. The van der Waals surface area contributed by atoms with Crippen LogP contribution in [-0.2, 0) is 6.61 Å². The molecule has 1 N–H and O–H groups in total. The average Bonchev–Trinajstić information content (AvgIpc) is 2.47. The van der Waals surface area contributed by atoms with Crippen LogP contribution in [0.5, 0.6) is 5.75 Å². The highest BCUT2D eigenvalue weighted by molar-refractivity contribution is 6.31. The van der Waals surface area contributed by atoms with Gasteiger partial charge in [-0.3, -0.25) is 0 Å². The van der Waals surface area contributed by atoms with Gasteiger partial charge in [0.1, 0.15) is 12.4 Å². The fourth-order valence-electron chi connectivity index (χ4n) is 1.56. The molecule has 0 amide bonds. The van der Waals surface area contributed by atoms with Gasteiger partial charge in [-0.25, -0.2) is 9.37 Å². The molecule has 0 spiro atoms. The second kappa shape index (κ2) is 6.22. The molecule has 0 aliphatic carbocycles. The number of halogens is 2. The quantitative estimate of drug-likeness (QED) is 0.938. The van der Waals surface area contributed by atoms with Crippen molar-refractivity contribution in [3.05, 3.63) is 52.4 Å². The monoisotopic (exact) mass is 291 g/mol. The van der Waals surface area contributed by atoms with Crippen molar-refractivity contribution in [2.45, 2.75) is 6.61 Å². The summed E-state index contributed by atoms with van der Waals surface area (Å²) in [7, 11) is 1.74. The topological polar surface area (TPSA) is 57.9 Å². The second-order valence-corrected chi connectivity index (χ2v) is 4.33. The first-order valence-corrected chi connectivity index (χ1v) is 6.17. The van der Waals surface area contributed by atoms with Gasteiger partial charge in [-0.1, -0.05) is 11.6 Å². The molecule has 1 aromatic carbocycles. The maximum Gasteiger partial charge on any atom is 0.166 e. The third-order valence-corrected chi connectivity index (χ3v) is 2.94. The smallest absolute Gasteiger partial charge is 0.166 e. The summed E-state index contributed by atoms with van der Waals surface area (Å²) < 4.78 is 19.0. The Hall–Kier alpha value is -2.32. The Bertz CT molecular complexity index is 670. The number of hydrogen-bond donors (Lipinski definition) is 1. The van der Waals surface area contributed by atoms with E-state index in [-0.39, 0.29) is 17.9 Å². The Labute approximate surface area is 120 Å². The number of nitrogens with one attached hydrogen (secondary N) is 1. The summed E-state index contributed by atoms with van der Waals surface area (Å²) in [4.78, 5) is 4.23. The highest BCUT2D eigenvalue weighted by Crippen LogP contribution is 2.22. The summed E-state index contributed by atoms with van der Waals surface area (Å²) in [6.45, 7) is 0.0389.